The Kier molecular flexibility index (Phi) is 4.29. The maximum absolute atomic E-state index is 5.97. The first-order valence-corrected chi connectivity index (χ1v) is 9.37. The molecule has 6 heteroatoms. The molecule has 0 atom stereocenters. The molecule has 0 amide bonds. The van der Waals surface area contributed by atoms with E-state index in [-0.39, 0.29) is 0 Å². The minimum absolute atomic E-state index is 0.411. The fraction of sp³-hybridized carbons (Fsp3) is 0.0870. The highest BCUT2D eigenvalue weighted by Crippen LogP contribution is 2.23. The second-order valence-electron chi connectivity index (χ2n) is 6.72. The molecule has 0 saturated heterocycles. The molecule has 0 aliphatic heterocycles. The Morgan fingerprint density at radius 2 is 1.66 bits per heavy atom. The fourth-order valence-electron chi connectivity index (χ4n) is 3.41. The molecule has 6 nitrogen and oxygen atoms in total. The van der Waals surface area contributed by atoms with Crippen molar-refractivity contribution in [3.63, 3.8) is 0 Å². The first-order chi connectivity index (χ1) is 14.3. The topological polar surface area (TPSA) is 57.8 Å². The van der Waals surface area contributed by atoms with Crippen molar-refractivity contribution in [2.45, 2.75) is 6.61 Å². The Bertz CT molecular complexity index is 1260. The van der Waals surface area contributed by atoms with Crippen LogP contribution in [0, 0.1) is 0 Å². The number of hydrogen-bond acceptors (Lipinski definition) is 4. The smallest absolute Gasteiger partial charge is 0.147 e. The van der Waals surface area contributed by atoms with E-state index in [0.29, 0.717) is 6.61 Å². The van der Waals surface area contributed by atoms with E-state index in [9.17, 15) is 0 Å². The molecule has 3 heterocycles. The van der Waals surface area contributed by atoms with E-state index in [1.165, 1.54) is 0 Å². The molecular formula is C23H19N5O. The van der Waals surface area contributed by atoms with Gasteiger partial charge in [-0.2, -0.15) is 5.10 Å². The molecule has 0 aliphatic carbocycles. The third-order valence-corrected chi connectivity index (χ3v) is 4.95. The number of fused-ring (bicyclic) bond motifs is 1. The largest absolute Gasteiger partial charge is 0.486 e. The zero-order valence-corrected chi connectivity index (χ0v) is 15.9. The number of pyridine rings is 1. The van der Waals surface area contributed by atoms with Crippen molar-refractivity contribution in [3.05, 3.63) is 91.1 Å². The first kappa shape index (κ1) is 17.2. The van der Waals surface area contributed by atoms with Gasteiger partial charge in [-0.1, -0.05) is 12.1 Å². The molecule has 0 fully saturated rings. The molecule has 5 aromatic rings. The van der Waals surface area contributed by atoms with Gasteiger partial charge >= 0.3 is 0 Å². The molecule has 0 radical (unpaired) electrons. The van der Waals surface area contributed by atoms with Crippen LogP contribution in [0.25, 0.3) is 28.0 Å². The summed E-state index contributed by atoms with van der Waals surface area (Å²) in [5, 5.41) is 4.46. The van der Waals surface area contributed by atoms with Gasteiger partial charge in [0.1, 0.15) is 18.2 Å². The van der Waals surface area contributed by atoms with E-state index in [2.05, 4.69) is 25.7 Å². The normalized spacial score (nSPS) is 11.1. The van der Waals surface area contributed by atoms with Gasteiger partial charge in [0, 0.05) is 25.0 Å². The van der Waals surface area contributed by atoms with Gasteiger partial charge in [-0.3, -0.25) is 4.98 Å². The van der Waals surface area contributed by atoms with Crippen LogP contribution in [0.2, 0.25) is 0 Å². The van der Waals surface area contributed by atoms with Gasteiger partial charge in [0.2, 0.25) is 0 Å². The van der Waals surface area contributed by atoms with E-state index in [1.807, 2.05) is 72.4 Å². The molecular weight excluding hydrogens is 362 g/mol. The number of rotatable bonds is 5. The summed E-state index contributed by atoms with van der Waals surface area (Å²) >= 11 is 0. The first-order valence-electron chi connectivity index (χ1n) is 9.37. The summed E-state index contributed by atoms with van der Waals surface area (Å²) in [6.07, 6.45) is 5.36. The number of aryl methyl sites for hydroxylation is 1. The van der Waals surface area contributed by atoms with Gasteiger partial charge in [0.15, 0.2) is 0 Å². The lowest BCUT2D eigenvalue weighted by atomic mass is 10.2. The maximum Gasteiger partial charge on any atom is 0.147 e. The number of benzene rings is 2. The summed E-state index contributed by atoms with van der Waals surface area (Å²) < 4.78 is 9.94. The Balaban J connectivity index is 1.35. The lowest BCUT2D eigenvalue weighted by molar-refractivity contribution is 0.292. The Labute approximate surface area is 168 Å². The van der Waals surface area contributed by atoms with Crippen LogP contribution in [-0.4, -0.2) is 24.3 Å². The van der Waals surface area contributed by atoms with E-state index in [1.54, 1.807) is 18.6 Å². The molecule has 142 valence electrons. The number of ether oxygens (including phenoxy) is 1. The maximum atomic E-state index is 5.97. The van der Waals surface area contributed by atoms with Gasteiger partial charge in [-0.05, 0) is 54.6 Å². The third-order valence-electron chi connectivity index (χ3n) is 4.95. The van der Waals surface area contributed by atoms with Crippen molar-refractivity contribution in [1.29, 1.82) is 0 Å². The van der Waals surface area contributed by atoms with Crippen LogP contribution >= 0.6 is 0 Å². The van der Waals surface area contributed by atoms with Gasteiger partial charge in [0.05, 0.1) is 28.6 Å². The van der Waals surface area contributed by atoms with Gasteiger partial charge in [-0.15, -0.1) is 0 Å². The lowest BCUT2D eigenvalue weighted by Crippen LogP contribution is -2.04. The van der Waals surface area contributed by atoms with Crippen molar-refractivity contribution in [3.8, 4) is 22.7 Å². The Morgan fingerprint density at radius 3 is 2.45 bits per heavy atom. The minimum atomic E-state index is 0.411. The summed E-state index contributed by atoms with van der Waals surface area (Å²) in [6.45, 7) is 0.411. The monoisotopic (exact) mass is 381 g/mol. The number of nitrogens with zero attached hydrogens (tertiary/aromatic N) is 5. The number of hydrogen-bond donors (Lipinski definition) is 0. The molecule has 29 heavy (non-hydrogen) atoms. The van der Waals surface area contributed by atoms with Gasteiger partial charge in [0.25, 0.3) is 0 Å². The molecule has 0 unspecified atom stereocenters. The molecule has 0 bridgehead atoms. The average molecular weight is 381 g/mol. The highest BCUT2D eigenvalue weighted by atomic mass is 16.5. The minimum Gasteiger partial charge on any atom is -0.486 e. The highest BCUT2D eigenvalue weighted by Gasteiger charge is 2.09. The average Bonchev–Trinajstić information content (AvgIpc) is 3.39. The van der Waals surface area contributed by atoms with Crippen LogP contribution in [0.3, 0.4) is 0 Å². The second kappa shape index (κ2) is 7.24. The van der Waals surface area contributed by atoms with E-state index in [4.69, 9.17) is 4.74 Å². The van der Waals surface area contributed by atoms with Crippen LogP contribution in [0.5, 0.6) is 5.75 Å². The fourth-order valence-corrected chi connectivity index (χ4v) is 3.41. The van der Waals surface area contributed by atoms with E-state index in [0.717, 1.165) is 39.6 Å². The SMILES string of the molecule is Cn1c(COc2ccc(-n3nccc3-c3ccncc3)cc2)nc2ccccc21. The van der Waals surface area contributed by atoms with Crippen molar-refractivity contribution >= 4 is 11.0 Å². The molecule has 0 spiro atoms. The summed E-state index contributed by atoms with van der Waals surface area (Å²) in [5.74, 6) is 1.68. The molecule has 0 saturated carbocycles. The molecule has 0 N–H and O–H groups in total. The Hall–Kier alpha value is -3.93. The predicted octanol–water partition coefficient (Wildman–Crippen LogP) is 4.40. The summed E-state index contributed by atoms with van der Waals surface area (Å²) in [5.41, 5.74) is 5.13. The highest BCUT2D eigenvalue weighted by molar-refractivity contribution is 5.75. The number of para-hydroxylation sites is 2. The third kappa shape index (κ3) is 3.25. The van der Waals surface area contributed by atoms with Crippen molar-refractivity contribution in [2.24, 2.45) is 7.05 Å². The standard InChI is InChI=1S/C23H19N5O/c1-27-22-5-3-2-4-20(22)26-23(27)16-29-19-8-6-18(7-9-19)28-21(12-15-25-28)17-10-13-24-14-11-17/h2-15H,16H2,1H3. The van der Waals surface area contributed by atoms with Crippen LogP contribution in [-0.2, 0) is 13.7 Å². The predicted molar refractivity (Wildman–Crippen MR) is 112 cm³/mol. The molecule has 5 rings (SSSR count). The molecule has 2 aromatic carbocycles. The van der Waals surface area contributed by atoms with E-state index >= 15 is 0 Å². The zero-order chi connectivity index (χ0) is 19.6. The van der Waals surface area contributed by atoms with Gasteiger partial charge < -0.3 is 9.30 Å². The van der Waals surface area contributed by atoms with Crippen LogP contribution in [0.4, 0.5) is 0 Å². The summed E-state index contributed by atoms with van der Waals surface area (Å²) in [6, 6.07) is 21.9. The van der Waals surface area contributed by atoms with Crippen LogP contribution in [0.1, 0.15) is 5.82 Å². The summed E-state index contributed by atoms with van der Waals surface area (Å²) in [4.78, 5) is 8.73. The second-order valence-corrected chi connectivity index (χ2v) is 6.72. The Morgan fingerprint density at radius 1 is 0.862 bits per heavy atom. The molecule has 3 aromatic heterocycles. The summed E-state index contributed by atoms with van der Waals surface area (Å²) in [7, 11) is 2.01. The lowest BCUT2D eigenvalue weighted by Gasteiger charge is -2.10. The number of imidazole rings is 1. The number of aromatic nitrogens is 5. The zero-order valence-electron chi connectivity index (χ0n) is 15.9. The van der Waals surface area contributed by atoms with Crippen molar-refractivity contribution < 1.29 is 4.74 Å². The van der Waals surface area contributed by atoms with Crippen LogP contribution in [0.15, 0.2) is 85.3 Å². The van der Waals surface area contributed by atoms with Crippen LogP contribution < -0.4 is 4.74 Å². The van der Waals surface area contributed by atoms with Gasteiger partial charge in [-0.25, -0.2) is 9.67 Å². The van der Waals surface area contributed by atoms with Crippen molar-refractivity contribution in [1.82, 2.24) is 24.3 Å². The van der Waals surface area contributed by atoms with E-state index < -0.39 is 0 Å². The molecule has 0 aliphatic rings. The van der Waals surface area contributed by atoms with Crippen molar-refractivity contribution in [2.75, 3.05) is 0 Å². The quantitative estimate of drug-likeness (QED) is 0.453.